The van der Waals surface area contributed by atoms with Gasteiger partial charge in [0.1, 0.15) is 5.82 Å². The molecule has 3 heteroatoms. The van der Waals surface area contributed by atoms with Crippen LogP contribution < -0.4 is 11.1 Å². The maximum absolute atomic E-state index is 13.8. The minimum Gasteiger partial charge on any atom is -0.378 e. The topological polar surface area (TPSA) is 38.0 Å². The zero-order valence-electron chi connectivity index (χ0n) is 12.0. The molecule has 20 heavy (non-hydrogen) atoms. The number of rotatable bonds is 5. The predicted octanol–water partition coefficient (Wildman–Crippen LogP) is 3.51. The van der Waals surface area contributed by atoms with Gasteiger partial charge in [-0.2, -0.15) is 0 Å². The first-order valence-corrected chi connectivity index (χ1v) is 6.81. The molecule has 0 fully saturated rings. The van der Waals surface area contributed by atoms with Gasteiger partial charge in [-0.1, -0.05) is 30.3 Å². The van der Waals surface area contributed by atoms with E-state index in [4.69, 9.17) is 5.73 Å². The van der Waals surface area contributed by atoms with Gasteiger partial charge >= 0.3 is 0 Å². The third-order valence-corrected chi connectivity index (χ3v) is 3.45. The van der Waals surface area contributed by atoms with Gasteiger partial charge in [-0.25, -0.2) is 4.39 Å². The molecule has 0 aliphatic heterocycles. The van der Waals surface area contributed by atoms with Crippen LogP contribution in [0.4, 0.5) is 10.1 Å². The van der Waals surface area contributed by atoms with Crippen molar-refractivity contribution in [3.8, 4) is 0 Å². The summed E-state index contributed by atoms with van der Waals surface area (Å²) in [7, 11) is 0. The molecule has 1 atom stereocenters. The molecule has 2 aromatic rings. The Bertz CT molecular complexity index is 583. The number of benzene rings is 2. The summed E-state index contributed by atoms with van der Waals surface area (Å²) in [4.78, 5) is 0. The maximum Gasteiger partial charge on any atom is 0.126 e. The van der Waals surface area contributed by atoms with E-state index in [0.29, 0.717) is 18.5 Å². The number of nitrogens with one attached hydrogen (secondary N) is 1. The molecular weight excluding hydrogens is 251 g/mol. The van der Waals surface area contributed by atoms with Crippen molar-refractivity contribution < 1.29 is 4.39 Å². The predicted molar refractivity (Wildman–Crippen MR) is 82.4 cm³/mol. The molecule has 1 unspecified atom stereocenters. The van der Waals surface area contributed by atoms with Crippen LogP contribution in [0.1, 0.15) is 18.1 Å². The summed E-state index contributed by atoms with van der Waals surface area (Å²) in [6.45, 7) is 4.48. The van der Waals surface area contributed by atoms with Crippen LogP contribution in [0.3, 0.4) is 0 Å². The summed E-state index contributed by atoms with van der Waals surface area (Å²) in [6.07, 6.45) is 0.546. The standard InChI is InChI=1S/C17H21FN2/c1-13-6-5-8-15(10-13)20-17(2,12-19)11-14-7-3-4-9-16(14)18/h3-10,20H,11-12,19H2,1-2H3. The van der Waals surface area contributed by atoms with Crippen molar-refractivity contribution in [2.75, 3.05) is 11.9 Å². The van der Waals surface area contributed by atoms with Crippen LogP contribution in [0.25, 0.3) is 0 Å². The smallest absolute Gasteiger partial charge is 0.126 e. The highest BCUT2D eigenvalue weighted by Crippen LogP contribution is 2.21. The quantitative estimate of drug-likeness (QED) is 0.874. The van der Waals surface area contributed by atoms with Crippen LogP contribution in [0, 0.1) is 12.7 Å². The van der Waals surface area contributed by atoms with Crippen LogP contribution in [-0.4, -0.2) is 12.1 Å². The lowest BCUT2D eigenvalue weighted by atomic mass is 9.92. The second-order valence-electron chi connectivity index (χ2n) is 5.53. The average molecular weight is 272 g/mol. The van der Waals surface area contributed by atoms with Crippen LogP contribution in [0.15, 0.2) is 48.5 Å². The summed E-state index contributed by atoms with van der Waals surface area (Å²) >= 11 is 0. The molecule has 2 nitrogen and oxygen atoms in total. The highest BCUT2D eigenvalue weighted by Gasteiger charge is 2.24. The number of nitrogens with two attached hydrogens (primary N) is 1. The van der Waals surface area contributed by atoms with Crippen molar-refractivity contribution in [1.82, 2.24) is 0 Å². The maximum atomic E-state index is 13.8. The molecule has 0 saturated carbocycles. The van der Waals surface area contributed by atoms with Gasteiger partial charge in [0.05, 0.1) is 5.54 Å². The lowest BCUT2D eigenvalue weighted by Crippen LogP contribution is -2.44. The Morgan fingerprint density at radius 2 is 1.90 bits per heavy atom. The molecule has 0 aliphatic carbocycles. The molecular formula is C17H21FN2. The normalized spacial score (nSPS) is 13.8. The third-order valence-electron chi connectivity index (χ3n) is 3.45. The second kappa shape index (κ2) is 6.06. The summed E-state index contributed by atoms with van der Waals surface area (Å²) in [5.41, 5.74) is 8.40. The van der Waals surface area contributed by atoms with Crippen LogP contribution in [0.5, 0.6) is 0 Å². The van der Waals surface area contributed by atoms with Crippen LogP contribution in [0.2, 0.25) is 0 Å². The van der Waals surface area contributed by atoms with E-state index in [9.17, 15) is 4.39 Å². The third kappa shape index (κ3) is 3.58. The summed E-state index contributed by atoms with van der Waals surface area (Å²) in [5.74, 6) is -0.182. The second-order valence-corrected chi connectivity index (χ2v) is 5.53. The Balaban J connectivity index is 2.19. The number of anilines is 1. The van der Waals surface area contributed by atoms with E-state index in [0.717, 1.165) is 5.69 Å². The van der Waals surface area contributed by atoms with Gasteiger partial charge in [0, 0.05) is 12.2 Å². The molecule has 0 spiro atoms. The van der Waals surface area contributed by atoms with Gasteiger partial charge in [0.2, 0.25) is 0 Å². The van der Waals surface area contributed by atoms with Gasteiger partial charge in [-0.05, 0) is 49.6 Å². The van der Waals surface area contributed by atoms with E-state index in [1.807, 2.05) is 38.1 Å². The fourth-order valence-corrected chi connectivity index (χ4v) is 2.30. The first-order chi connectivity index (χ1) is 9.52. The number of hydrogen-bond acceptors (Lipinski definition) is 2. The van der Waals surface area contributed by atoms with Crippen molar-refractivity contribution in [2.24, 2.45) is 5.73 Å². The lowest BCUT2D eigenvalue weighted by Gasteiger charge is -2.31. The van der Waals surface area contributed by atoms with Crippen LogP contribution >= 0.6 is 0 Å². The first-order valence-electron chi connectivity index (χ1n) is 6.81. The number of aryl methyl sites for hydroxylation is 1. The van der Waals surface area contributed by atoms with Crippen molar-refractivity contribution in [1.29, 1.82) is 0 Å². The highest BCUT2D eigenvalue weighted by molar-refractivity contribution is 5.48. The molecule has 106 valence electrons. The molecule has 0 heterocycles. The van der Waals surface area contributed by atoms with Crippen molar-refractivity contribution in [2.45, 2.75) is 25.8 Å². The van der Waals surface area contributed by atoms with E-state index in [-0.39, 0.29) is 11.4 Å². The zero-order valence-corrected chi connectivity index (χ0v) is 12.0. The van der Waals surface area contributed by atoms with Crippen molar-refractivity contribution in [3.05, 3.63) is 65.5 Å². The Labute approximate surface area is 119 Å². The van der Waals surface area contributed by atoms with E-state index in [2.05, 4.69) is 11.4 Å². The molecule has 0 radical (unpaired) electrons. The average Bonchev–Trinajstić information content (AvgIpc) is 2.41. The Hall–Kier alpha value is -1.87. The fourth-order valence-electron chi connectivity index (χ4n) is 2.30. The van der Waals surface area contributed by atoms with E-state index < -0.39 is 0 Å². The van der Waals surface area contributed by atoms with Crippen LogP contribution in [-0.2, 0) is 6.42 Å². The number of hydrogen-bond donors (Lipinski definition) is 2. The Morgan fingerprint density at radius 1 is 1.15 bits per heavy atom. The number of halogens is 1. The van der Waals surface area contributed by atoms with Crippen molar-refractivity contribution >= 4 is 5.69 Å². The minimum absolute atomic E-state index is 0.182. The van der Waals surface area contributed by atoms with Gasteiger partial charge in [0.15, 0.2) is 0 Å². The van der Waals surface area contributed by atoms with E-state index in [1.54, 1.807) is 12.1 Å². The minimum atomic E-state index is -0.379. The lowest BCUT2D eigenvalue weighted by molar-refractivity contribution is 0.501. The van der Waals surface area contributed by atoms with E-state index in [1.165, 1.54) is 11.6 Å². The summed E-state index contributed by atoms with van der Waals surface area (Å²) in [6, 6.07) is 15.0. The Kier molecular flexibility index (Phi) is 4.40. The summed E-state index contributed by atoms with van der Waals surface area (Å²) in [5, 5.41) is 3.43. The molecule has 0 bridgehead atoms. The van der Waals surface area contributed by atoms with Gasteiger partial charge in [-0.15, -0.1) is 0 Å². The van der Waals surface area contributed by atoms with Crippen molar-refractivity contribution in [3.63, 3.8) is 0 Å². The van der Waals surface area contributed by atoms with Gasteiger partial charge in [-0.3, -0.25) is 0 Å². The molecule has 0 aromatic heterocycles. The molecule has 0 amide bonds. The molecule has 0 aliphatic rings. The molecule has 2 rings (SSSR count). The van der Waals surface area contributed by atoms with Gasteiger partial charge in [0.25, 0.3) is 0 Å². The molecule has 3 N–H and O–H groups in total. The fraction of sp³-hybridized carbons (Fsp3) is 0.294. The molecule has 2 aromatic carbocycles. The largest absolute Gasteiger partial charge is 0.378 e. The highest BCUT2D eigenvalue weighted by atomic mass is 19.1. The summed E-state index contributed by atoms with van der Waals surface area (Å²) < 4.78 is 13.8. The monoisotopic (exact) mass is 272 g/mol. The SMILES string of the molecule is Cc1cccc(NC(C)(CN)Cc2ccccc2F)c1. The van der Waals surface area contributed by atoms with Gasteiger partial charge < -0.3 is 11.1 Å². The first kappa shape index (κ1) is 14.5. The van der Waals surface area contributed by atoms with E-state index >= 15 is 0 Å². The Morgan fingerprint density at radius 3 is 2.55 bits per heavy atom. The zero-order chi connectivity index (χ0) is 14.6. The molecule has 0 saturated heterocycles.